The van der Waals surface area contributed by atoms with Crippen molar-refractivity contribution in [1.29, 1.82) is 0 Å². The van der Waals surface area contributed by atoms with Gasteiger partial charge in [-0.25, -0.2) is 9.97 Å². The number of hydrogen-bond acceptors (Lipinski definition) is 7. The first-order valence-corrected chi connectivity index (χ1v) is 14.6. The second-order valence-electron chi connectivity index (χ2n) is 10.6. The fourth-order valence-electron chi connectivity index (χ4n) is 5.42. The zero-order chi connectivity index (χ0) is 28.9. The number of fused-ring (bicyclic) bond motifs is 3. The molecule has 2 aromatic heterocycles. The van der Waals surface area contributed by atoms with Gasteiger partial charge in [-0.1, -0.05) is 18.2 Å². The summed E-state index contributed by atoms with van der Waals surface area (Å²) in [6.45, 7) is 2.64. The number of anilines is 4. The van der Waals surface area contributed by atoms with E-state index >= 15 is 0 Å². The number of alkyl halides is 1. The van der Waals surface area contributed by atoms with Crippen molar-refractivity contribution in [3.63, 3.8) is 0 Å². The molecule has 5 rings (SSSR count). The molecule has 41 heavy (non-hydrogen) atoms. The van der Waals surface area contributed by atoms with Crippen molar-refractivity contribution in [2.75, 3.05) is 62.8 Å². The largest absolute Gasteiger partial charge is 0.494 e. The summed E-state index contributed by atoms with van der Waals surface area (Å²) >= 11 is 5.85. The van der Waals surface area contributed by atoms with E-state index in [4.69, 9.17) is 21.3 Å². The van der Waals surface area contributed by atoms with E-state index in [1.807, 2.05) is 39.3 Å². The molecule has 0 bridgehead atoms. The zero-order valence-corrected chi connectivity index (χ0v) is 25.0. The van der Waals surface area contributed by atoms with Crippen LogP contribution in [0.15, 0.2) is 48.7 Å². The Morgan fingerprint density at radius 1 is 1.10 bits per heavy atom. The SMILES string of the molecule is COc1cc(N(C)CCN(C)C)c(NC(=O)CCCl)cc1Nc1nccc(-c2c3n(c4ccccc24)CCCC3)n1. The molecular weight excluding hydrogens is 538 g/mol. The van der Waals surface area contributed by atoms with Gasteiger partial charge >= 0.3 is 0 Å². The Kier molecular flexibility index (Phi) is 8.95. The van der Waals surface area contributed by atoms with Gasteiger partial charge in [0.05, 0.1) is 29.9 Å². The average Bonchev–Trinajstić information content (AvgIpc) is 3.31. The number of methoxy groups -OCH3 is 1. The Balaban J connectivity index is 1.52. The molecule has 0 aliphatic carbocycles. The highest BCUT2D eigenvalue weighted by molar-refractivity contribution is 6.19. The minimum absolute atomic E-state index is 0.151. The smallest absolute Gasteiger partial charge is 0.227 e. The van der Waals surface area contributed by atoms with Gasteiger partial charge in [0.2, 0.25) is 11.9 Å². The number of benzene rings is 2. The first kappa shape index (κ1) is 28.7. The Morgan fingerprint density at radius 3 is 2.71 bits per heavy atom. The minimum Gasteiger partial charge on any atom is -0.494 e. The van der Waals surface area contributed by atoms with Crippen LogP contribution in [-0.4, -0.2) is 72.6 Å². The molecule has 0 radical (unpaired) electrons. The van der Waals surface area contributed by atoms with E-state index in [2.05, 4.69) is 54.2 Å². The van der Waals surface area contributed by atoms with Crippen LogP contribution >= 0.6 is 11.6 Å². The number of aromatic nitrogens is 3. The third-order valence-corrected chi connectivity index (χ3v) is 7.68. The Labute approximate surface area is 246 Å². The summed E-state index contributed by atoms with van der Waals surface area (Å²) in [6.07, 6.45) is 5.39. The topological polar surface area (TPSA) is 87.5 Å². The molecule has 1 aliphatic heterocycles. The lowest BCUT2D eigenvalue weighted by molar-refractivity contribution is -0.115. The number of para-hydroxylation sites is 1. The van der Waals surface area contributed by atoms with Crippen LogP contribution in [0.2, 0.25) is 0 Å². The highest BCUT2D eigenvalue weighted by Gasteiger charge is 2.22. The molecule has 0 saturated carbocycles. The number of nitrogens with zero attached hydrogens (tertiary/aromatic N) is 5. The lowest BCUT2D eigenvalue weighted by atomic mass is 10.0. The number of rotatable bonds is 11. The summed E-state index contributed by atoms with van der Waals surface area (Å²) in [6, 6.07) is 14.3. The number of carbonyl (C=O) groups is 1. The lowest BCUT2D eigenvalue weighted by Gasteiger charge is -2.26. The maximum absolute atomic E-state index is 12.6. The highest BCUT2D eigenvalue weighted by Crippen LogP contribution is 2.40. The van der Waals surface area contributed by atoms with E-state index < -0.39 is 0 Å². The van der Waals surface area contributed by atoms with Gasteiger partial charge in [-0.2, -0.15) is 0 Å². The first-order chi connectivity index (χ1) is 19.9. The van der Waals surface area contributed by atoms with Crippen LogP contribution in [-0.2, 0) is 17.8 Å². The first-order valence-electron chi connectivity index (χ1n) is 14.0. The second kappa shape index (κ2) is 12.8. The van der Waals surface area contributed by atoms with Gasteiger partial charge in [0, 0.05) is 73.4 Å². The summed E-state index contributed by atoms with van der Waals surface area (Å²) < 4.78 is 8.22. The third-order valence-electron chi connectivity index (χ3n) is 7.49. The fourth-order valence-corrected chi connectivity index (χ4v) is 5.59. The number of halogens is 1. The molecule has 1 amide bonds. The van der Waals surface area contributed by atoms with Gasteiger partial charge in [-0.15, -0.1) is 11.6 Å². The Morgan fingerprint density at radius 2 is 1.93 bits per heavy atom. The van der Waals surface area contributed by atoms with Crippen LogP contribution in [0.5, 0.6) is 5.75 Å². The normalized spacial score (nSPS) is 12.8. The van der Waals surface area contributed by atoms with Crippen LogP contribution in [0.1, 0.15) is 25.0 Å². The predicted octanol–water partition coefficient (Wildman–Crippen LogP) is 5.75. The number of carbonyl (C=O) groups excluding carboxylic acids is 1. The van der Waals surface area contributed by atoms with Gasteiger partial charge in [-0.3, -0.25) is 4.79 Å². The van der Waals surface area contributed by atoms with Crippen LogP contribution < -0.4 is 20.3 Å². The highest BCUT2D eigenvalue weighted by atomic mass is 35.5. The molecule has 1 aliphatic rings. The van der Waals surface area contributed by atoms with E-state index in [-0.39, 0.29) is 18.2 Å². The number of likely N-dealkylation sites (N-methyl/N-ethyl adjacent to an activating group) is 2. The molecule has 216 valence electrons. The van der Waals surface area contributed by atoms with Crippen molar-refractivity contribution in [2.45, 2.75) is 32.2 Å². The molecular formula is C31H38ClN7O2. The Bertz CT molecular complexity index is 1530. The lowest BCUT2D eigenvalue weighted by Crippen LogP contribution is -2.29. The monoisotopic (exact) mass is 575 g/mol. The van der Waals surface area contributed by atoms with Gasteiger partial charge in [0.1, 0.15) is 5.75 Å². The van der Waals surface area contributed by atoms with Gasteiger partial charge in [0.15, 0.2) is 0 Å². The van der Waals surface area contributed by atoms with Crippen molar-refractivity contribution >= 4 is 51.4 Å². The summed E-state index contributed by atoms with van der Waals surface area (Å²) in [5, 5.41) is 7.59. The average molecular weight is 576 g/mol. The number of nitrogens with one attached hydrogen (secondary N) is 2. The number of aryl methyl sites for hydroxylation is 1. The number of hydrogen-bond donors (Lipinski definition) is 2. The van der Waals surface area contributed by atoms with Crippen LogP contribution in [0.3, 0.4) is 0 Å². The van der Waals surface area contributed by atoms with Gasteiger partial charge < -0.3 is 29.7 Å². The van der Waals surface area contributed by atoms with E-state index in [0.717, 1.165) is 37.4 Å². The quantitative estimate of drug-likeness (QED) is 0.220. The molecule has 0 atom stereocenters. The summed E-state index contributed by atoms with van der Waals surface area (Å²) in [4.78, 5) is 26.3. The van der Waals surface area contributed by atoms with Crippen molar-refractivity contribution < 1.29 is 9.53 Å². The maximum atomic E-state index is 12.6. The van der Waals surface area contributed by atoms with E-state index in [1.165, 1.54) is 35.0 Å². The molecule has 0 spiro atoms. The molecule has 2 aromatic carbocycles. The summed E-state index contributed by atoms with van der Waals surface area (Å²) in [7, 11) is 7.70. The molecule has 4 aromatic rings. The molecule has 0 saturated heterocycles. The minimum atomic E-state index is -0.151. The Hall–Kier alpha value is -3.82. The standard InChI is InChI=1S/C31H38ClN7O2/c1-37(2)17-18-38(3)27-20-28(41-4)24(19-23(27)34-29(40)12-14-32)36-31-33-15-13-22(35-31)30-21-9-5-6-10-25(21)39-16-8-7-11-26(30)39/h5-6,9-10,13,15,19-20H,7-8,11-12,14,16-18H2,1-4H3,(H,34,40)(H,33,35,36). The third kappa shape index (κ3) is 6.26. The van der Waals surface area contributed by atoms with Crippen LogP contribution in [0.25, 0.3) is 22.2 Å². The second-order valence-corrected chi connectivity index (χ2v) is 11.0. The van der Waals surface area contributed by atoms with Gasteiger partial charge in [-0.05, 0) is 51.6 Å². The predicted molar refractivity (Wildman–Crippen MR) is 168 cm³/mol. The fraction of sp³-hybridized carbons (Fsp3) is 0.387. The molecule has 9 nitrogen and oxygen atoms in total. The van der Waals surface area contributed by atoms with Crippen LogP contribution in [0, 0.1) is 0 Å². The van der Waals surface area contributed by atoms with E-state index in [1.54, 1.807) is 13.3 Å². The molecule has 0 fully saturated rings. The van der Waals surface area contributed by atoms with Crippen molar-refractivity contribution in [3.05, 3.63) is 54.4 Å². The molecule has 2 N–H and O–H groups in total. The van der Waals surface area contributed by atoms with Crippen molar-refractivity contribution in [2.24, 2.45) is 0 Å². The maximum Gasteiger partial charge on any atom is 0.227 e. The molecule has 0 unspecified atom stereocenters. The van der Waals surface area contributed by atoms with E-state index in [0.29, 0.717) is 23.1 Å². The van der Waals surface area contributed by atoms with Crippen LogP contribution in [0.4, 0.5) is 23.0 Å². The number of amides is 1. The summed E-state index contributed by atoms with van der Waals surface area (Å²) in [5.74, 6) is 1.17. The van der Waals surface area contributed by atoms with Crippen molar-refractivity contribution in [1.82, 2.24) is 19.4 Å². The summed E-state index contributed by atoms with van der Waals surface area (Å²) in [5.41, 5.74) is 6.78. The van der Waals surface area contributed by atoms with Crippen molar-refractivity contribution in [3.8, 4) is 17.0 Å². The zero-order valence-electron chi connectivity index (χ0n) is 24.2. The molecule has 10 heteroatoms. The van der Waals surface area contributed by atoms with Gasteiger partial charge in [0.25, 0.3) is 0 Å². The number of ether oxygens (including phenoxy) is 1. The molecule has 3 heterocycles. The van der Waals surface area contributed by atoms with E-state index in [9.17, 15) is 4.79 Å².